The molecular weight excluding hydrogens is 226 g/mol. The molecule has 1 aliphatic heterocycles. The van der Waals surface area contributed by atoms with Crippen molar-refractivity contribution in [1.82, 2.24) is 0 Å². The van der Waals surface area contributed by atoms with Crippen LogP contribution in [0.15, 0.2) is 0 Å². The van der Waals surface area contributed by atoms with Crippen LogP contribution in [0.4, 0.5) is 0 Å². The van der Waals surface area contributed by atoms with Crippen molar-refractivity contribution in [3.8, 4) is 0 Å². The molecule has 0 bridgehead atoms. The van der Waals surface area contributed by atoms with E-state index in [9.17, 15) is 5.11 Å². The van der Waals surface area contributed by atoms with Crippen molar-refractivity contribution < 1.29 is 9.84 Å². The van der Waals surface area contributed by atoms with E-state index < -0.39 is 5.60 Å². The lowest BCUT2D eigenvalue weighted by molar-refractivity contribution is -0.180. The zero-order chi connectivity index (χ0) is 12.7. The zero-order valence-electron chi connectivity index (χ0n) is 11.4. The number of rotatable bonds is 2. The first kappa shape index (κ1) is 12.9. The summed E-state index contributed by atoms with van der Waals surface area (Å²) in [4.78, 5) is 0. The minimum Gasteiger partial charge on any atom is -0.389 e. The number of ether oxygens (including phenoxy) is 1. The quantitative estimate of drug-likeness (QED) is 0.793. The molecule has 1 saturated heterocycles. The van der Waals surface area contributed by atoms with E-state index in [-0.39, 0.29) is 10.8 Å². The molecule has 3 nitrogen and oxygen atoms in total. The summed E-state index contributed by atoms with van der Waals surface area (Å²) in [5, 5.41) is 11.6. The Morgan fingerprint density at radius 2 is 1.56 bits per heavy atom. The van der Waals surface area contributed by atoms with E-state index >= 15 is 0 Å². The standard InChI is InChI=1S/C15H27NO2/c16-12-14(4-1-2-5-14)15(17)7-3-6-13(15)8-10-18-11-9-13/h17H,1-12,16H2. The Bertz CT molecular complexity index is 306. The Kier molecular flexibility index (Phi) is 3.20. The van der Waals surface area contributed by atoms with E-state index in [0.29, 0.717) is 6.54 Å². The maximum Gasteiger partial charge on any atom is 0.0773 e. The summed E-state index contributed by atoms with van der Waals surface area (Å²) in [7, 11) is 0. The summed E-state index contributed by atoms with van der Waals surface area (Å²) >= 11 is 0. The highest BCUT2D eigenvalue weighted by Gasteiger charge is 2.63. The van der Waals surface area contributed by atoms with Crippen LogP contribution >= 0.6 is 0 Å². The number of nitrogens with two attached hydrogens (primary N) is 1. The summed E-state index contributed by atoms with van der Waals surface area (Å²) in [6, 6.07) is 0. The van der Waals surface area contributed by atoms with Crippen molar-refractivity contribution in [3.05, 3.63) is 0 Å². The van der Waals surface area contributed by atoms with Gasteiger partial charge in [-0.05, 0) is 44.9 Å². The second-order valence-corrected chi connectivity index (χ2v) is 6.80. The topological polar surface area (TPSA) is 55.5 Å². The molecule has 0 aromatic heterocycles. The minimum absolute atomic E-state index is 0.000833. The van der Waals surface area contributed by atoms with Crippen LogP contribution in [0.5, 0.6) is 0 Å². The molecule has 1 heterocycles. The highest BCUT2D eigenvalue weighted by atomic mass is 16.5. The molecule has 0 radical (unpaired) electrons. The van der Waals surface area contributed by atoms with Gasteiger partial charge in [-0.1, -0.05) is 12.8 Å². The van der Waals surface area contributed by atoms with Gasteiger partial charge in [0.2, 0.25) is 0 Å². The lowest BCUT2D eigenvalue weighted by Crippen LogP contribution is -2.60. The Hall–Kier alpha value is -0.120. The highest BCUT2D eigenvalue weighted by molar-refractivity contribution is 5.15. The first-order chi connectivity index (χ1) is 8.68. The summed E-state index contributed by atoms with van der Waals surface area (Å²) in [5.41, 5.74) is 5.72. The molecule has 3 rings (SSSR count). The van der Waals surface area contributed by atoms with Gasteiger partial charge in [0, 0.05) is 30.6 Å². The molecule has 1 atom stereocenters. The molecule has 104 valence electrons. The fraction of sp³-hybridized carbons (Fsp3) is 1.00. The third-order valence-electron chi connectivity index (χ3n) is 6.35. The molecule has 18 heavy (non-hydrogen) atoms. The van der Waals surface area contributed by atoms with Crippen molar-refractivity contribution in [1.29, 1.82) is 0 Å². The monoisotopic (exact) mass is 253 g/mol. The number of hydrogen-bond donors (Lipinski definition) is 2. The summed E-state index contributed by atoms with van der Waals surface area (Å²) in [6.07, 6.45) is 10.1. The van der Waals surface area contributed by atoms with Crippen LogP contribution in [-0.4, -0.2) is 30.5 Å². The molecule has 3 fully saturated rings. The molecule has 3 aliphatic rings. The minimum atomic E-state index is -0.519. The van der Waals surface area contributed by atoms with Crippen molar-refractivity contribution in [2.75, 3.05) is 19.8 Å². The summed E-state index contributed by atoms with van der Waals surface area (Å²) in [5.74, 6) is 0. The van der Waals surface area contributed by atoms with Gasteiger partial charge in [0.15, 0.2) is 0 Å². The molecule has 1 unspecified atom stereocenters. The van der Waals surface area contributed by atoms with Crippen LogP contribution < -0.4 is 5.73 Å². The van der Waals surface area contributed by atoms with Gasteiger partial charge in [0.05, 0.1) is 5.60 Å². The fourth-order valence-electron chi connectivity index (χ4n) is 5.25. The van der Waals surface area contributed by atoms with E-state index in [1.165, 1.54) is 19.3 Å². The smallest absolute Gasteiger partial charge is 0.0773 e. The van der Waals surface area contributed by atoms with E-state index in [2.05, 4.69) is 0 Å². The van der Waals surface area contributed by atoms with E-state index in [0.717, 1.165) is 51.7 Å². The van der Waals surface area contributed by atoms with Crippen molar-refractivity contribution in [2.45, 2.75) is 63.4 Å². The van der Waals surface area contributed by atoms with Crippen LogP contribution in [0.1, 0.15) is 57.8 Å². The van der Waals surface area contributed by atoms with Crippen molar-refractivity contribution in [2.24, 2.45) is 16.6 Å². The summed E-state index contributed by atoms with van der Waals surface area (Å²) < 4.78 is 5.54. The predicted octanol–water partition coefficient (Wildman–Crippen LogP) is 2.22. The molecule has 3 N–H and O–H groups in total. The summed E-state index contributed by atoms with van der Waals surface area (Å²) in [6.45, 7) is 2.30. The molecule has 0 aromatic carbocycles. The SMILES string of the molecule is NCC1(C2(O)CCCC23CCOCC3)CCCC1. The second-order valence-electron chi connectivity index (χ2n) is 6.80. The molecule has 3 heteroatoms. The van der Waals surface area contributed by atoms with E-state index in [1.807, 2.05) is 0 Å². The van der Waals surface area contributed by atoms with Crippen molar-refractivity contribution >= 4 is 0 Å². The van der Waals surface area contributed by atoms with Gasteiger partial charge >= 0.3 is 0 Å². The third-order valence-corrected chi connectivity index (χ3v) is 6.35. The van der Waals surface area contributed by atoms with Crippen LogP contribution in [0.3, 0.4) is 0 Å². The van der Waals surface area contributed by atoms with Gasteiger partial charge in [-0.15, -0.1) is 0 Å². The largest absolute Gasteiger partial charge is 0.389 e. The van der Waals surface area contributed by atoms with Crippen molar-refractivity contribution in [3.63, 3.8) is 0 Å². The maximum atomic E-state index is 11.6. The van der Waals surface area contributed by atoms with Crippen LogP contribution in [-0.2, 0) is 4.74 Å². The Morgan fingerprint density at radius 1 is 0.889 bits per heavy atom. The Labute approximate surface area is 110 Å². The van der Waals surface area contributed by atoms with E-state index in [4.69, 9.17) is 10.5 Å². The van der Waals surface area contributed by atoms with Crippen LogP contribution in [0, 0.1) is 10.8 Å². The first-order valence-electron chi connectivity index (χ1n) is 7.68. The van der Waals surface area contributed by atoms with Gasteiger partial charge in [0.1, 0.15) is 0 Å². The van der Waals surface area contributed by atoms with Crippen LogP contribution in [0.2, 0.25) is 0 Å². The molecule has 0 aromatic rings. The zero-order valence-corrected chi connectivity index (χ0v) is 11.4. The van der Waals surface area contributed by atoms with Gasteiger partial charge in [-0.25, -0.2) is 0 Å². The second kappa shape index (κ2) is 4.46. The fourth-order valence-corrected chi connectivity index (χ4v) is 5.25. The van der Waals surface area contributed by atoms with Gasteiger partial charge in [-0.3, -0.25) is 0 Å². The maximum absolute atomic E-state index is 11.6. The Balaban J connectivity index is 1.95. The third kappa shape index (κ3) is 1.53. The average molecular weight is 253 g/mol. The molecule has 2 aliphatic carbocycles. The number of aliphatic hydroxyl groups is 1. The molecular formula is C15H27NO2. The normalized spacial score (nSPS) is 38.3. The highest BCUT2D eigenvalue weighted by Crippen LogP contribution is 2.63. The molecule has 1 spiro atoms. The molecule has 2 saturated carbocycles. The molecule has 0 amide bonds. The van der Waals surface area contributed by atoms with Gasteiger partial charge in [0.25, 0.3) is 0 Å². The first-order valence-corrected chi connectivity index (χ1v) is 7.68. The van der Waals surface area contributed by atoms with Gasteiger partial charge < -0.3 is 15.6 Å². The van der Waals surface area contributed by atoms with Crippen LogP contribution in [0.25, 0.3) is 0 Å². The lowest BCUT2D eigenvalue weighted by Gasteiger charge is -2.54. The van der Waals surface area contributed by atoms with Gasteiger partial charge in [-0.2, -0.15) is 0 Å². The number of hydrogen-bond acceptors (Lipinski definition) is 3. The van der Waals surface area contributed by atoms with E-state index in [1.54, 1.807) is 0 Å². The Morgan fingerprint density at radius 3 is 2.17 bits per heavy atom. The predicted molar refractivity (Wildman–Crippen MR) is 71.2 cm³/mol. The average Bonchev–Trinajstić information content (AvgIpc) is 2.99. The lowest BCUT2D eigenvalue weighted by atomic mass is 9.56.